The number of nitrogens with one attached hydrogen (secondary N) is 1. The van der Waals surface area contributed by atoms with Crippen LogP contribution in [0.15, 0.2) is 0 Å². The molecule has 0 spiro atoms. The van der Waals surface area contributed by atoms with Crippen molar-refractivity contribution >= 4 is 21.8 Å². The molecule has 3 heteroatoms. The number of hydrogen-bond acceptors (Lipinski definition) is 1. The van der Waals surface area contributed by atoms with Crippen molar-refractivity contribution in [2.24, 2.45) is 0 Å². The molecule has 0 aromatic carbocycles. The molecule has 0 heterocycles. The summed E-state index contributed by atoms with van der Waals surface area (Å²) in [6.07, 6.45) is 3.49. The third-order valence-electron chi connectivity index (χ3n) is 2.01. The predicted molar refractivity (Wildman–Crippen MR) is 44.2 cm³/mol. The first-order valence-corrected chi connectivity index (χ1v) is 4.65. The molecular weight excluding hydrogens is 194 g/mol. The quantitative estimate of drug-likeness (QED) is 0.680. The van der Waals surface area contributed by atoms with Crippen molar-refractivity contribution in [3.63, 3.8) is 0 Å². The van der Waals surface area contributed by atoms with E-state index in [-0.39, 0.29) is 11.4 Å². The minimum absolute atomic E-state index is 0.0825. The van der Waals surface area contributed by atoms with Crippen LogP contribution in [-0.4, -0.2) is 16.8 Å². The Morgan fingerprint density at radius 3 is 2.40 bits per heavy atom. The molecule has 0 aliphatic heterocycles. The summed E-state index contributed by atoms with van der Waals surface area (Å²) in [7, 11) is 0. The van der Waals surface area contributed by atoms with Gasteiger partial charge in [-0.2, -0.15) is 0 Å². The summed E-state index contributed by atoms with van der Waals surface area (Å²) in [5, 5.41) is 3.85. The highest BCUT2D eigenvalue weighted by Crippen LogP contribution is 2.33. The van der Waals surface area contributed by atoms with Gasteiger partial charge in [0.25, 0.3) is 0 Å². The molecule has 58 valence electrons. The van der Waals surface area contributed by atoms with E-state index in [9.17, 15) is 4.79 Å². The Kier molecular flexibility index (Phi) is 2.34. The molecule has 2 nitrogen and oxygen atoms in total. The number of amides is 1. The smallest absolute Gasteiger partial charge is 0.217 e. The molecule has 0 atom stereocenters. The normalized spacial score (nSPS) is 21.4. The molecule has 0 saturated heterocycles. The predicted octanol–water partition coefficient (Wildman–Crippen LogP) is 1.44. The van der Waals surface area contributed by atoms with E-state index in [0.29, 0.717) is 0 Å². The van der Waals surface area contributed by atoms with Crippen LogP contribution in [0.4, 0.5) is 0 Å². The molecule has 1 saturated carbocycles. The second kappa shape index (κ2) is 2.91. The minimum Gasteiger partial charge on any atom is -0.350 e. The molecule has 0 aromatic heterocycles. The maximum atomic E-state index is 10.7. The van der Waals surface area contributed by atoms with E-state index in [1.165, 1.54) is 6.42 Å². The molecule has 1 aliphatic carbocycles. The Labute approximate surface area is 69.5 Å². The summed E-state index contributed by atoms with van der Waals surface area (Å²) in [5.74, 6) is 0.0825. The fourth-order valence-electron chi connectivity index (χ4n) is 1.27. The van der Waals surface area contributed by atoms with Crippen LogP contribution in [-0.2, 0) is 4.79 Å². The first kappa shape index (κ1) is 8.05. The number of alkyl halides is 1. The van der Waals surface area contributed by atoms with Gasteiger partial charge in [-0.05, 0) is 19.3 Å². The van der Waals surface area contributed by atoms with Crippen molar-refractivity contribution < 1.29 is 4.79 Å². The molecule has 0 unspecified atom stereocenters. The largest absolute Gasteiger partial charge is 0.350 e. The van der Waals surface area contributed by atoms with Crippen molar-refractivity contribution in [1.82, 2.24) is 5.32 Å². The molecule has 1 N–H and O–H groups in total. The molecule has 1 aliphatic rings. The van der Waals surface area contributed by atoms with Gasteiger partial charge in [0.15, 0.2) is 0 Å². The molecule has 0 bridgehead atoms. The first-order valence-electron chi connectivity index (χ1n) is 3.53. The van der Waals surface area contributed by atoms with Gasteiger partial charge >= 0.3 is 0 Å². The van der Waals surface area contributed by atoms with Gasteiger partial charge in [-0.25, -0.2) is 0 Å². The Morgan fingerprint density at radius 1 is 1.70 bits per heavy atom. The average molecular weight is 206 g/mol. The molecule has 1 fully saturated rings. The molecule has 0 aromatic rings. The SMILES string of the molecule is CC(=O)NC1(CBr)CCC1. The summed E-state index contributed by atoms with van der Waals surface area (Å²) < 4.78 is 0. The van der Waals surface area contributed by atoms with E-state index in [0.717, 1.165) is 18.2 Å². The molecular formula is C7H12BrNO. The lowest BCUT2D eigenvalue weighted by Gasteiger charge is -2.40. The molecule has 0 radical (unpaired) electrons. The Hall–Kier alpha value is -0.0500. The second-order valence-corrected chi connectivity index (χ2v) is 3.51. The summed E-state index contributed by atoms with van der Waals surface area (Å²) in [6, 6.07) is 0. The Bertz CT molecular complexity index is 137. The number of hydrogen-bond donors (Lipinski definition) is 1. The molecule has 10 heavy (non-hydrogen) atoms. The van der Waals surface area contributed by atoms with Crippen LogP contribution in [0.2, 0.25) is 0 Å². The van der Waals surface area contributed by atoms with Crippen LogP contribution in [0, 0.1) is 0 Å². The van der Waals surface area contributed by atoms with Gasteiger partial charge in [0.05, 0.1) is 0 Å². The van der Waals surface area contributed by atoms with E-state index in [1.807, 2.05) is 0 Å². The van der Waals surface area contributed by atoms with E-state index >= 15 is 0 Å². The van der Waals surface area contributed by atoms with Gasteiger partial charge in [-0.3, -0.25) is 4.79 Å². The van der Waals surface area contributed by atoms with E-state index in [1.54, 1.807) is 6.92 Å². The maximum absolute atomic E-state index is 10.7. The van der Waals surface area contributed by atoms with E-state index in [2.05, 4.69) is 21.2 Å². The first-order chi connectivity index (χ1) is 4.68. The number of halogens is 1. The van der Waals surface area contributed by atoms with Gasteiger partial charge in [0, 0.05) is 17.8 Å². The highest BCUT2D eigenvalue weighted by molar-refractivity contribution is 9.09. The zero-order valence-corrected chi connectivity index (χ0v) is 7.70. The van der Waals surface area contributed by atoms with E-state index < -0.39 is 0 Å². The summed E-state index contributed by atoms with van der Waals surface area (Å²) in [5.41, 5.74) is 0.103. The van der Waals surface area contributed by atoms with Crippen molar-refractivity contribution in [1.29, 1.82) is 0 Å². The zero-order valence-electron chi connectivity index (χ0n) is 6.11. The fraction of sp³-hybridized carbons (Fsp3) is 0.857. The van der Waals surface area contributed by atoms with Crippen LogP contribution in [0.1, 0.15) is 26.2 Å². The zero-order chi connectivity index (χ0) is 7.61. The summed E-state index contributed by atoms with van der Waals surface area (Å²) in [6.45, 7) is 1.57. The van der Waals surface area contributed by atoms with Gasteiger partial charge in [-0.15, -0.1) is 0 Å². The summed E-state index contributed by atoms with van der Waals surface area (Å²) >= 11 is 3.40. The highest BCUT2D eigenvalue weighted by Gasteiger charge is 2.36. The fourth-order valence-corrected chi connectivity index (χ4v) is 1.97. The van der Waals surface area contributed by atoms with Gasteiger partial charge in [0.2, 0.25) is 5.91 Å². The lowest BCUT2D eigenvalue weighted by molar-refractivity contribution is -0.121. The van der Waals surface area contributed by atoms with Crippen molar-refractivity contribution in [3.8, 4) is 0 Å². The van der Waals surface area contributed by atoms with Crippen LogP contribution in [0.3, 0.4) is 0 Å². The minimum atomic E-state index is 0.0825. The third kappa shape index (κ3) is 1.51. The lowest BCUT2D eigenvalue weighted by atomic mass is 9.78. The molecule has 1 rings (SSSR count). The van der Waals surface area contributed by atoms with Gasteiger partial charge < -0.3 is 5.32 Å². The summed E-state index contributed by atoms with van der Waals surface area (Å²) in [4.78, 5) is 10.7. The van der Waals surface area contributed by atoms with E-state index in [4.69, 9.17) is 0 Å². The van der Waals surface area contributed by atoms with Gasteiger partial charge in [0.1, 0.15) is 0 Å². The Morgan fingerprint density at radius 2 is 2.30 bits per heavy atom. The average Bonchev–Trinajstić information content (AvgIpc) is 1.78. The number of rotatable bonds is 2. The standard InChI is InChI=1S/C7H12BrNO/c1-6(10)9-7(5-8)3-2-4-7/h2-5H2,1H3,(H,9,10). The van der Waals surface area contributed by atoms with Crippen molar-refractivity contribution in [2.45, 2.75) is 31.7 Å². The van der Waals surface area contributed by atoms with Crippen LogP contribution in [0.25, 0.3) is 0 Å². The van der Waals surface area contributed by atoms with Gasteiger partial charge in [-0.1, -0.05) is 15.9 Å². The number of carbonyl (C=O) groups excluding carboxylic acids is 1. The molecule has 1 amide bonds. The monoisotopic (exact) mass is 205 g/mol. The Balaban J connectivity index is 2.40. The maximum Gasteiger partial charge on any atom is 0.217 e. The van der Waals surface area contributed by atoms with Crippen molar-refractivity contribution in [3.05, 3.63) is 0 Å². The second-order valence-electron chi connectivity index (χ2n) is 2.95. The van der Waals surface area contributed by atoms with Crippen LogP contribution >= 0.6 is 15.9 Å². The highest BCUT2D eigenvalue weighted by atomic mass is 79.9. The van der Waals surface area contributed by atoms with Crippen LogP contribution in [0.5, 0.6) is 0 Å². The topological polar surface area (TPSA) is 29.1 Å². The lowest BCUT2D eigenvalue weighted by Crippen LogP contribution is -2.54. The number of carbonyl (C=O) groups is 1. The van der Waals surface area contributed by atoms with Crippen molar-refractivity contribution in [2.75, 3.05) is 5.33 Å². The third-order valence-corrected chi connectivity index (χ3v) is 3.08. The van der Waals surface area contributed by atoms with Crippen LogP contribution < -0.4 is 5.32 Å².